The van der Waals surface area contributed by atoms with Gasteiger partial charge in [-0.25, -0.2) is 4.39 Å². The molecule has 2 heterocycles. The van der Waals surface area contributed by atoms with Crippen molar-refractivity contribution in [3.63, 3.8) is 0 Å². The largest absolute Gasteiger partial charge is 0.341 e. The highest BCUT2D eigenvalue weighted by atomic mass is 32.2. The fourth-order valence-electron chi connectivity index (χ4n) is 3.57. The van der Waals surface area contributed by atoms with Crippen LogP contribution in [0.4, 0.5) is 4.39 Å². The van der Waals surface area contributed by atoms with Gasteiger partial charge >= 0.3 is 0 Å². The van der Waals surface area contributed by atoms with Gasteiger partial charge in [-0.3, -0.25) is 4.79 Å². The smallest absolute Gasteiger partial charge is 0.240 e. The molecule has 0 saturated carbocycles. The summed E-state index contributed by atoms with van der Waals surface area (Å²) >= 11 is 1.37. The maximum atomic E-state index is 14.2. The van der Waals surface area contributed by atoms with E-state index in [1.807, 2.05) is 35.2 Å². The molecule has 3 aromatic rings. The minimum atomic E-state index is -0.411. The summed E-state index contributed by atoms with van der Waals surface area (Å²) in [6.45, 7) is 1.59. The van der Waals surface area contributed by atoms with E-state index < -0.39 is 5.25 Å². The Bertz CT molecular complexity index is 985. The third-order valence-electron chi connectivity index (χ3n) is 5.17. The first-order valence-corrected chi connectivity index (χ1v) is 10.7. The van der Waals surface area contributed by atoms with Crippen molar-refractivity contribution in [3.05, 3.63) is 66.0 Å². The van der Waals surface area contributed by atoms with Gasteiger partial charge in [0.1, 0.15) is 11.1 Å². The van der Waals surface area contributed by atoms with Gasteiger partial charge in [0, 0.05) is 20.1 Å². The number of thioether (sulfide) groups is 1. The summed E-state index contributed by atoms with van der Waals surface area (Å²) in [7, 11) is 1.80. The van der Waals surface area contributed by atoms with Crippen LogP contribution in [0, 0.1) is 5.82 Å². The summed E-state index contributed by atoms with van der Waals surface area (Å²) in [6.07, 6.45) is 3.25. The third kappa shape index (κ3) is 4.19. The van der Waals surface area contributed by atoms with Crippen molar-refractivity contribution in [1.82, 2.24) is 19.7 Å². The fraction of sp³-hybridized carbons (Fsp3) is 0.318. The number of carbonyl (C=O) groups is 1. The predicted octanol–water partition coefficient (Wildman–Crippen LogP) is 4.47. The van der Waals surface area contributed by atoms with Crippen molar-refractivity contribution in [3.8, 4) is 11.4 Å². The molecule has 1 amide bonds. The van der Waals surface area contributed by atoms with Crippen molar-refractivity contribution in [1.29, 1.82) is 0 Å². The highest BCUT2D eigenvalue weighted by molar-refractivity contribution is 8.00. The number of carbonyl (C=O) groups excluding carboxylic acids is 1. The van der Waals surface area contributed by atoms with Gasteiger partial charge in [0.15, 0.2) is 11.0 Å². The molecule has 29 heavy (non-hydrogen) atoms. The van der Waals surface area contributed by atoms with E-state index >= 15 is 0 Å². The summed E-state index contributed by atoms with van der Waals surface area (Å²) in [6, 6.07) is 16.3. The predicted molar refractivity (Wildman–Crippen MR) is 112 cm³/mol. The van der Waals surface area contributed by atoms with Crippen LogP contribution in [0.5, 0.6) is 0 Å². The molecule has 0 aliphatic carbocycles. The molecule has 0 unspecified atom stereocenters. The molecular weight excluding hydrogens is 387 g/mol. The third-order valence-corrected chi connectivity index (χ3v) is 6.44. The lowest BCUT2D eigenvalue weighted by molar-refractivity contribution is -0.131. The zero-order chi connectivity index (χ0) is 20.2. The summed E-state index contributed by atoms with van der Waals surface area (Å²) in [5.41, 5.74) is 1.33. The summed E-state index contributed by atoms with van der Waals surface area (Å²) in [5, 5.41) is 8.63. The standard InChI is InChI=1S/C22H23FN4OS/c1-26-20(17-12-6-7-13-18(17)23)24-25-22(26)29-19(16-10-4-2-5-11-16)21(28)27-14-8-3-9-15-27/h2,4-7,10-13,19H,3,8-9,14-15H2,1H3/t19-/m0/s1. The molecule has 7 heteroatoms. The minimum Gasteiger partial charge on any atom is -0.341 e. The Kier molecular flexibility index (Phi) is 5.94. The Balaban J connectivity index is 1.65. The van der Waals surface area contributed by atoms with E-state index in [1.54, 1.807) is 29.8 Å². The highest BCUT2D eigenvalue weighted by Crippen LogP contribution is 2.37. The molecule has 0 N–H and O–H groups in total. The van der Waals surface area contributed by atoms with Crippen LogP contribution in [-0.4, -0.2) is 38.7 Å². The minimum absolute atomic E-state index is 0.0938. The average molecular weight is 411 g/mol. The zero-order valence-electron chi connectivity index (χ0n) is 16.3. The van der Waals surface area contributed by atoms with E-state index in [9.17, 15) is 9.18 Å². The van der Waals surface area contributed by atoms with Crippen LogP contribution in [0.25, 0.3) is 11.4 Å². The molecule has 1 aliphatic rings. The van der Waals surface area contributed by atoms with Gasteiger partial charge < -0.3 is 9.47 Å². The maximum Gasteiger partial charge on any atom is 0.240 e. The Morgan fingerprint density at radius 2 is 1.69 bits per heavy atom. The van der Waals surface area contributed by atoms with E-state index in [2.05, 4.69) is 10.2 Å². The lowest BCUT2D eigenvalue weighted by Gasteiger charge is -2.30. The molecule has 0 spiro atoms. The van der Waals surface area contributed by atoms with Crippen LogP contribution in [0.15, 0.2) is 59.8 Å². The number of likely N-dealkylation sites (tertiary alicyclic amines) is 1. The van der Waals surface area contributed by atoms with Crippen LogP contribution in [0.3, 0.4) is 0 Å². The van der Waals surface area contributed by atoms with E-state index in [4.69, 9.17) is 0 Å². The van der Waals surface area contributed by atoms with Crippen molar-refractivity contribution < 1.29 is 9.18 Å². The molecule has 1 fully saturated rings. The normalized spacial score (nSPS) is 15.3. The number of aromatic nitrogens is 3. The second kappa shape index (κ2) is 8.78. The van der Waals surface area contributed by atoms with Gasteiger partial charge in [0.2, 0.25) is 5.91 Å². The van der Waals surface area contributed by atoms with Gasteiger partial charge in [-0.2, -0.15) is 0 Å². The maximum absolute atomic E-state index is 14.2. The molecule has 1 aliphatic heterocycles. The molecule has 2 aromatic carbocycles. The second-order valence-corrected chi connectivity index (χ2v) is 8.21. The first-order chi connectivity index (χ1) is 14.1. The lowest BCUT2D eigenvalue weighted by atomic mass is 10.1. The number of benzene rings is 2. The van der Waals surface area contributed by atoms with Crippen LogP contribution < -0.4 is 0 Å². The number of hydrogen-bond acceptors (Lipinski definition) is 4. The Labute approximate surface area is 173 Å². The van der Waals surface area contributed by atoms with Crippen molar-refractivity contribution in [2.75, 3.05) is 13.1 Å². The lowest BCUT2D eigenvalue weighted by Crippen LogP contribution is -2.38. The summed E-state index contributed by atoms with van der Waals surface area (Å²) < 4.78 is 16.0. The van der Waals surface area contributed by atoms with E-state index in [0.29, 0.717) is 16.5 Å². The number of rotatable bonds is 5. The number of piperidine rings is 1. The first kappa shape index (κ1) is 19.6. The van der Waals surface area contributed by atoms with Crippen molar-refractivity contribution in [2.45, 2.75) is 29.7 Å². The first-order valence-electron chi connectivity index (χ1n) is 9.80. The molecular formula is C22H23FN4OS. The van der Waals surface area contributed by atoms with E-state index in [0.717, 1.165) is 31.5 Å². The monoisotopic (exact) mass is 410 g/mol. The van der Waals surface area contributed by atoms with Crippen LogP contribution in [0.2, 0.25) is 0 Å². The number of nitrogens with zero attached hydrogens (tertiary/aromatic N) is 4. The van der Waals surface area contributed by atoms with Gasteiger partial charge in [-0.15, -0.1) is 10.2 Å². The molecule has 1 aromatic heterocycles. The molecule has 4 rings (SSSR count). The van der Waals surface area contributed by atoms with Gasteiger partial charge in [0.05, 0.1) is 5.56 Å². The number of amides is 1. The number of hydrogen-bond donors (Lipinski definition) is 0. The van der Waals surface area contributed by atoms with Gasteiger partial charge in [-0.1, -0.05) is 54.2 Å². The second-order valence-electron chi connectivity index (χ2n) is 7.14. The van der Waals surface area contributed by atoms with E-state index in [-0.39, 0.29) is 11.7 Å². The molecule has 0 radical (unpaired) electrons. The molecule has 5 nitrogen and oxygen atoms in total. The van der Waals surface area contributed by atoms with Crippen LogP contribution in [-0.2, 0) is 11.8 Å². The molecule has 0 bridgehead atoms. The van der Waals surface area contributed by atoms with E-state index in [1.165, 1.54) is 24.2 Å². The Morgan fingerprint density at radius 1 is 1.00 bits per heavy atom. The quantitative estimate of drug-likeness (QED) is 0.583. The Morgan fingerprint density at radius 3 is 2.41 bits per heavy atom. The zero-order valence-corrected chi connectivity index (χ0v) is 17.1. The van der Waals surface area contributed by atoms with Crippen LogP contribution >= 0.6 is 11.8 Å². The van der Waals surface area contributed by atoms with Crippen molar-refractivity contribution >= 4 is 17.7 Å². The highest BCUT2D eigenvalue weighted by Gasteiger charge is 2.30. The van der Waals surface area contributed by atoms with Gasteiger partial charge in [0.25, 0.3) is 0 Å². The SMILES string of the molecule is Cn1c(S[C@H](C(=O)N2CCCCC2)c2ccccc2)nnc1-c1ccccc1F. The van der Waals surface area contributed by atoms with Crippen molar-refractivity contribution in [2.24, 2.45) is 7.05 Å². The molecule has 1 atom stereocenters. The fourth-order valence-corrected chi connectivity index (χ4v) is 4.66. The topological polar surface area (TPSA) is 51.0 Å². The molecule has 150 valence electrons. The average Bonchev–Trinajstić information content (AvgIpc) is 3.13. The summed E-state index contributed by atoms with van der Waals surface area (Å²) in [5.74, 6) is 0.197. The Hall–Kier alpha value is -2.67. The molecule has 1 saturated heterocycles. The summed E-state index contributed by atoms with van der Waals surface area (Å²) in [4.78, 5) is 15.3. The number of halogens is 1. The van der Waals surface area contributed by atoms with Gasteiger partial charge in [-0.05, 0) is 37.0 Å². The van der Waals surface area contributed by atoms with Crippen LogP contribution in [0.1, 0.15) is 30.1 Å².